The van der Waals surface area contributed by atoms with Crippen LogP contribution in [0.5, 0.6) is 0 Å². The number of aliphatic hydroxyl groups excluding tert-OH is 2. The molecule has 0 aliphatic heterocycles. The average molecular weight is 1220 g/mol. The van der Waals surface area contributed by atoms with Crippen LogP contribution in [0.3, 0.4) is 0 Å². The maximum atomic E-state index is 12.5. The molecule has 514 valence electrons. The van der Waals surface area contributed by atoms with Gasteiger partial charge >= 0.3 is 5.97 Å². The second-order valence-corrected chi connectivity index (χ2v) is 27.4. The number of esters is 1. The van der Waals surface area contributed by atoms with E-state index >= 15 is 0 Å². The molecule has 0 heterocycles. The van der Waals surface area contributed by atoms with Gasteiger partial charge in [-0.25, -0.2) is 0 Å². The molecule has 0 bridgehead atoms. The summed E-state index contributed by atoms with van der Waals surface area (Å²) in [6.45, 7) is 4.92. The Morgan fingerprint density at radius 1 is 0.322 bits per heavy atom. The number of carbonyl (C=O) groups excluding carboxylic acids is 2. The van der Waals surface area contributed by atoms with Crippen molar-refractivity contribution in [3.05, 3.63) is 36.5 Å². The normalized spacial score (nSPS) is 12.6. The number of amides is 1. The molecule has 0 fully saturated rings. The number of hydrogen-bond donors (Lipinski definition) is 3. The molecule has 0 aliphatic carbocycles. The molecule has 0 saturated carbocycles. The first kappa shape index (κ1) is 85.1. The van der Waals surface area contributed by atoms with Crippen molar-refractivity contribution >= 4 is 11.9 Å². The van der Waals surface area contributed by atoms with Crippen LogP contribution in [0.4, 0.5) is 0 Å². The first-order valence-electron chi connectivity index (χ1n) is 39.8. The number of carbonyl (C=O) groups is 2. The molecule has 0 aromatic carbocycles. The first-order chi connectivity index (χ1) is 43.0. The molecule has 0 aromatic rings. The summed E-state index contributed by atoms with van der Waals surface area (Å²) < 4.78 is 5.52. The Labute approximate surface area is 544 Å². The molecule has 1 amide bonds. The van der Waals surface area contributed by atoms with Crippen LogP contribution >= 0.6 is 0 Å². The molecule has 0 rings (SSSR count). The third-order valence-electron chi connectivity index (χ3n) is 18.7. The van der Waals surface area contributed by atoms with E-state index < -0.39 is 12.1 Å². The molecule has 3 N–H and O–H groups in total. The van der Waals surface area contributed by atoms with Crippen LogP contribution in [0.2, 0.25) is 0 Å². The highest BCUT2D eigenvalue weighted by Crippen LogP contribution is 2.20. The van der Waals surface area contributed by atoms with Gasteiger partial charge in [0.05, 0.1) is 25.4 Å². The number of unbranched alkanes of at least 4 members (excludes halogenated alkanes) is 60. The van der Waals surface area contributed by atoms with Gasteiger partial charge in [0.15, 0.2) is 0 Å². The van der Waals surface area contributed by atoms with Crippen molar-refractivity contribution in [3.63, 3.8) is 0 Å². The molecule has 87 heavy (non-hydrogen) atoms. The molecule has 6 heteroatoms. The fraction of sp³-hybridized carbons (Fsp3) is 0.901. The molecular weight excluding hydrogens is 1070 g/mol. The fourth-order valence-electron chi connectivity index (χ4n) is 12.6. The van der Waals surface area contributed by atoms with Gasteiger partial charge < -0.3 is 20.3 Å². The zero-order valence-electron chi connectivity index (χ0n) is 59.0. The van der Waals surface area contributed by atoms with Crippen LogP contribution in [0.25, 0.3) is 0 Å². The van der Waals surface area contributed by atoms with Gasteiger partial charge in [0.2, 0.25) is 5.91 Å². The van der Waals surface area contributed by atoms with Gasteiger partial charge in [0.1, 0.15) is 0 Å². The molecular formula is C81H155NO5. The highest BCUT2D eigenvalue weighted by Gasteiger charge is 2.18. The van der Waals surface area contributed by atoms with Crippen molar-refractivity contribution in [1.82, 2.24) is 5.32 Å². The number of allylic oxidation sites excluding steroid dienone is 5. The summed E-state index contributed by atoms with van der Waals surface area (Å²) in [6, 6.07) is -0.624. The van der Waals surface area contributed by atoms with Gasteiger partial charge in [-0.2, -0.15) is 0 Å². The van der Waals surface area contributed by atoms with Crippen LogP contribution in [-0.4, -0.2) is 47.4 Å². The van der Waals surface area contributed by atoms with Crippen LogP contribution in [0, 0.1) is 0 Å². The number of rotatable bonds is 75. The van der Waals surface area contributed by atoms with Crippen molar-refractivity contribution in [2.24, 2.45) is 0 Å². The highest BCUT2D eigenvalue weighted by atomic mass is 16.5. The third kappa shape index (κ3) is 73.0. The van der Waals surface area contributed by atoms with Crippen LogP contribution in [0.15, 0.2) is 36.5 Å². The van der Waals surface area contributed by atoms with Gasteiger partial charge in [-0.1, -0.05) is 403 Å². The minimum atomic E-state index is -0.841. The lowest BCUT2D eigenvalue weighted by molar-refractivity contribution is -0.143. The van der Waals surface area contributed by atoms with E-state index in [4.69, 9.17) is 4.74 Å². The maximum Gasteiger partial charge on any atom is 0.305 e. The predicted molar refractivity (Wildman–Crippen MR) is 384 cm³/mol. The van der Waals surface area contributed by atoms with Gasteiger partial charge in [0.25, 0.3) is 0 Å². The lowest BCUT2D eigenvalue weighted by Crippen LogP contribution is -2.45. The van der Waals surface area contributed by atoms with E-state index in [1.165, 1.54) is 372 Å². The van der Waals surface area contributed by atoms with E-state index in [2.05, 4.69) is 43.5 Å². The summed E-state index contributed by atoms with van der Waals surface area (Å²) in [5.74, 6) is -0.0402. The van der Waals surface area contributed by atoms with Crippen molar-refractivity contribution in [1.29, 1.82) is 0 Å². The highest BCUT2D eigenvalue weighted by molar-refractivity contribution is 5.76. The van der Waals surface area contributed by atoms with Gasteiger partial charge in [-0.3, -0.25) is 9.59 Å². The van der Waals surface area contributed by atoms with Crippen LogP contribution in [-0.2, 0) is 14.3 Å². The van der Waals surface area contributed by atoms with Crippen molar-refractivity contribution in [2.75, 3.05) is 13.2 Å². The van der Waals surface area contributed by atoms with Crippen molar-refractivity contribution < 1.29 is 24.5 Å². The zero-order valence-corrected chi connectivity index (χ0v) is 59.0. The van der Waals surface area contributed by atoms with Crippen molar-refractivity contribution in [2.45, 2.75) is 456 Å². The first-order valence-corrected chi connectivity index (χ1v) is 39.8. The SMILES string of the molecule is CCCCC/C=C\C/C=C\CCCCCCCCCCCC(=O)OCCCCCCCCCCCCCCCCCCCCCCCCCCCCCCCCCCCCCC(=O)NC(CO)C(O)/C=C/CCCCCCCCCCCCCCCC. The summed E-state index contributed by atoms with van der Waals surface area (Å²) in [4.78, 5) is 24.6. The topological polar surface area (TPSA) is 95.9 Å². The Hall–Kier alpha value is -1.92. The van der Waals surface area contributed by atoms with E-state index in [1.54, 1.807) is 6.08 Å². The monoisotopic (exact) mass is 1220 g/mol. The second kappa shape index (κ2) is 76.5. The standard InChI is InChI=1S/C81H155NO5/c1-3-5-7-9-11-13-15-17-19-21-39-43-47-51-55-59-63-67-71-75-81(86)87-76-72-68-64-60-56-52-48-44-41-38-36-34-32-30-28-26-24-22-23-25-27-29-31-33-35-37-40-42-46-50-54-58-62-66-70-74-80(85)82-78(77-83)79(84)73-69-65-61-57-53-49-45-20-18-16-14-12-10-8-6-4-2/h11,13,17,19,69,73,78-79,83-84H,3-10,12,14-16,18,20-68,70-72,74-77H2,1-2H3,(H,82,85)/b13-11-,19-17-,73-69+. The minimum Gasteiger partial charge on any atom is -0.466 e. The van der Waals surface area contributed by atoms with E-state index in [9.17, 15) is 19.8 Å². The summed E-state index contributed by atoms with van der Waals surface area (Å²) in [7, 11) is 0. The maximum absolute atomic E-state index is 12.5. The predicted octanol–water partition coefficient (Wildman–Crippen LogP) is 26.2. The molecule has 0 saturated heterocycles. The number of ether oxygens (including phenoxy) is 1. The summed E-state index contributed by atoms with van der Waals surface area (Å²) in [5.41, 5.74) is 0. The molecule has 0 aromatic heterocycles. The molecule has 0 aliphatic rings. The van der Waals surface area contributed by atoms with E-state index in [-0.39, 0.29) is 18.5 Å². The molecule has 6 nitrogen and oxygen atoms in total. The minimum absolute atomic E-state index is 0.0193. The third-order valence-corrected chi connectivity index (χ3v) is 18.7. The van der Waals surface area contributed by atoms with Crippen molar-refractivity contribution in [3.8, 4) is 0 Å². The molecule has 2 unspecified atom stereocenters. The molecule has 2 atom stereocenters. The summed E-state index contributed by atoms with van der Waals surface area (Å²) in [5, 5.41) is 23.2. The second-order valence-electron chi connectivity index (χ2n) is 27.4. The zero-order chi connectivity index (χ0) is 62.8. The van der Waals surface area contributed by atoms with Gasteiger partial charge in [-0.05, 0) is 64.2 Å². The Bertz CT molecular complexity index is 1410. The smallest absolute Gasteiger partial charge is 0.305 e. The van der Waals surface area contributed by atoms with Crippen LogP contribution < -0.4 is 5.32 Å². The quantitative estimate of drug-likeness (QED) is 0.0320. The number of nitrogens with one attached hydrogen (secondary N) is 1. The summed E-state index contributed by atoms with van der Waals surface area (Å²) >= 11 is 0. The van der Waals surface area contributed by atoms with E-state index in [0.717, 1.165) is 44.9 Å². The lowest BCUT2D eigenvalue weighted by atomic mass is 10.0. The Kier molecular flexibility index (Phi) is 74.8. The average Bonchev–Trinajstić information content (AvgIpc) is 3.53. The van der Waals surface area contributed by atoms with Gasteiger partial charge in [-0.15, -0.1) is 0 Å². The molecule has 0 spiro atoms. The lowest BCUT2D eigenvalue weighted by Gasteiger charge is -2.20. The number of aliphatic hydroxyl groups is 2. The molecule has 0 radical (unpaired) electrons. The number of hydrogen-bond acceptors (Lipinski definition) is 5. The fourth-order valence-corrected chi connectivity index (χ4v) is 12.6. The Balaban J connectivity index is 3.31. The van der Waals surface area contributed by atoms with Crippen LogP contribution in [0.1, 0.15) is 444 Å². The van der Waals surface area contributed by atoms with Gasteiger partial charge in [0, 0.05) is 12.8 Å². The largest absolute Gasteiger partial charge is 0.466 e. The Morgan fingerprint density at radius 2 is 0.575 bits per heavy atom. The van der Waals surface area contributed by atoms with E-state index in [0.29, 0.717) is 19.4 Å². The van der Waals surface area contributed by atoms with E-state index in [1.807, 2.05) is 6.08 Å². The Morgan fingerprint density at radius 3 is 0.897 bits per heavy atom. The summed E-state index contributed by atoms with van der Waals surface area (Å²) in [6.07, 6.45) is 99.9.